The van der Waals surface area contributed by atoms with Gasteiger partial charge in [0, 0.05) is 35.8 Å². The van der Waals surface area contributed by atoms with Gasteiger partial charge in [0.1, 0.15) is 17.8 Å². The smallest absolute Gasteiger partial charge is 0.229 e. The van der Waals surface area contributed by atoms with Crippen molar-refractivity contribution < 1.29 is 9.21 Å². The third-order valence-corrected chi connectivity index (χ3v) is 5.52. The summed E-state index contributed by atoms with van der Waals surface area (Å²) in [7, 11) is 1.81. The second-order valence-electron chi connectivity index (χ2n) is 7.24. The van der Waals surface area contributed by atoms with Gasteiger partial charge in [0.2, 0.25) is 11.8 Å². The van der Waals surface area contributed by atoms with Crippen molar-refractivity contribution in [2.24, 2.45) is 5.73 Å². The maximum absolute atomic E-state index is 12.0. The van der Waals surface area contributed by atoms with Crippen LogP contribution in [0.2, 0.25) is 0 Å². The summed E-state index contributed by atoms with van der Waals surface area (Å²) in [6, 6.07) is 11.7. The molecule has 29 heavy (non-hydrogen) atoms. The van der Waals surface area contributed by atoms with E-state index in [0.29, 0.717) is 17.4 Å². The summed E-state index contributed by atoms with van der Waals surface area (Å²) in [5.41, 5.74) is 8.12. The van der Waals surface area contributed by atoms with Gasteiger partial charge in [0.25, 0.3) is 0 Å². The van der Waals surface area contributed by atoms with Crippen molar-refractivity contribution in [3.63, 3.8) is 0 Å². The van der Waals surface area contributed by atoms with Gasteiger partial charge < -0.3 is 15.5 Å². The van der Waals surface area contributed by atoms with Crippen LogP contribution in [-0.2, 0) is 10.2 Å². The molecule has 0 aliphatic heterocycles. The van der Waals surface area contributed by atoms with E-state index in [-0.39, 0.29) is 5.91 Å². The van der Waals surface area contributed by atoms with E-state index in [1.165, 1.54) is 0 Å². The Hall–Kier alpha value is -3.74. The number of carbonyl (C=O) groups excluding carboxylic acids is 1. The van der Waals surface area contributed by atoms with Crippen LogP contribution in [0.1, 0.15) is 18.5 Å². The molecule has 5 rings (SSSR count). The van der Waals surface area contributed by atoms with E-state index in [1.54, 1.807) is 25.7 Å². The van der Waals surface area contributed by atoms with E-state index < -0.39 is 5.41 Å². The molecule has 0 spiro atoms. The molecule has 3 aromatic heterocycles. The van der Waals surface area contributed by atoms with Crippen LogP contribution in [0.25, 0.3) is 33.5 Å². The van der Waals surface area contributed by atoms with E-state index >= 15 is 0 Å². The molecular formula is C22H19N5O2. The second kappa shape index (κ2) is 6.41. The van der Waals surface area contributed by atoms with Gasteiger partial charge in [-0.05, 0) is 18.9 Å². The molecule has 1 aromatic carbocycles. The fraction of sp³-hybridized carbons (Fsp3) is 0.182. The van der Waals surface area contributed by atoms with Crippen molar-refractivity contribution >= 4 is 22.5 Å². The number of carbonyl (C=O) groups is 1. The highest BCUT2D eigenvalue weighted by atomic mass is 16.3. The highest BCUT2D eigenvalue weighted by Gasteiger charge is 2.51. The summed E-state index contributed by atoms with van der Waals surface area (Å²) >= 11 is 0. The molecule has 1 aliphatic carbocycles. The molecule has 0 bridgehead atoms. The summed E-state index contributed by atoms with van der Waals surface area (Å²) in [6.45, 7) is 0. The SMILES string of the molecule is CNc1ncc(-c2nc(-c3ccccc3)co2)c2cc(C3(C(N)=O)CC3)ncc12. The van der Waals surface area contributed by atoms with Crippen molar-refractivity contribution in [1.82, 2.24) is 15.0 Å². The van der Waals surface area contributed by atoms with Crippen LogP contribution in [0.4, 0.5) is 5.82 Å². The minimum atomic E-state index is -0.666. The molecule has 3 N–H and O–H groups in total. The summed E-state index contributed by atoms with van der Waals surface area (Å²) in [5.74, 6) is 0.822. The van der Waals surface area contributed by atoms with Crippen molar-refractivity contribution in [3.05, 3.63) is 60.7 Å². The van der Waals surface area contributed by atoms with Crippen LogP contribution < -0.4 is 11.1 Å². The number of fused-ring (bicyclic) bond motifs is 1. The van der Waals surface area contributed by atoms with E-state index in [9.17, 15) is 4.79 Å². The topological polar surface area (TPSA) is 107 Å². The first-order valence-electron chi connectivity index (χ1n) is 9.40. The first-order valence-corrected chi connectivity index (χ1v) is 9.40. The standard InChI is InChI=1S/C22H19N5O2/c1-24-19-15-10-25-18(22(7-8-22)21(23)28)9-14(15)16(11-26-19)20-27-17(12-29-20)13-5-3-2-4-6-13/h2-6,9-12H,7-8H2,1H3,(H2,23,28)(H,24,26). The molecule has 144 valence electrons. The number of pyridine rings is 2. The van der Waals surface area contributed by atoms with Crippen molar-refractivity contribution in [1.29, 1.82) is 0 Å². The van der Waals surface area contributed by atoms with Gasteiger partial charge in [-0.25, -0.2) is 9.97 Å². The second-order valence-corrected chi connectivity index (χ2v) is 7.24. The number of nitrogens with zero attached hydrogens (tertiary/aromatic N) is 3. The third-order valence-electron chi connectivity index (χ3n) is 5.52. The molecule has 0 saturated heterocycles. The van der Waals surface area contributed by atoms with E-state index in [4.69, 9.17) is 10.2 Å². The quantitative estimate of drug-likeness (QED) is 0.544. The fourth-order valence-electron chi connectivity index (χ4n) is 3.66. The number of amides is 1. The summed E-state index contributed by atoms with van der Waals surface area (Å²) < 4.78 is 5.79. The molecule has 7 nitrogen and oxygen atoms in total. The molecule has 1 fully saturated rings. The third kappa shape index (κ3) is 2.74. The summed E-state index contributed by atoms with van der Waals surface area (Å²) in [5, 5.41) is 4.77. The molecule has 3 heterocycles. The molecule has 0 radical (unpaired) electrons. The molecule has 0 unspecified atom stereocenters. The zero-order valence-electron chi connectivity index (χ0n) is 15.8. The minimum Gasteiger partial charge on any atom is -0.444 e. The number of benzene rings is 1. The fourth-order valence-corrected chi connectivity index (χ4v) is 3.66. The Bertz CT molecular complexity index is 1230. The van der Waals surface area contributed by atoms with E-state index in [1.807, 2.05) is 36.4 Å². The van der Waals surface area contributed by atoms with Gasteiger partial charge in [-0.3, -0.25) is 9.78 Å². The zero-order chi connectivity index (χ0) is 20.0. The lowest BCUT2D eigenvalue weighted by Gasteiger charge is -2.13. The van der Waals surface area contributed by atoms with Crippen LogP contribution in [0.5, 0.6) is 0 Å². The molecule has 1 aliphatic rings. The maximum atomic E-state index is 12.0. The number of hydrogen-bond acceptors (Lipinski definition) is 6. The number of oxazole rings is 1. The number of primary amides is 1. The average molecular weight is 385 g/mol. The van der Waals surface area contributed by atoms with Crippen LogP contribution in [0.3, 0.4) is 0 Å². The Kier molecular flexibility index (Phi) is 3.84. The van der Waals surface area contributed by atoms with Crippen molar-refractivity contribution in [3.8, 4) is 22.7 Å². The highest BCUT2D eigenvalue weighted by molar-refractivity contribution is 6.01. The number of hydrogen-bond donors (Lipinski definition) is 2. The molecule has 4 aromatic rings. The predicted octanol–water partition coefficient (Wildman–Crippen LogP) is 3.51. The van der Waals surface area contributed by atoms with Crippen LogP contribution in [0, 0.1) is 0 Å². The number of nitrogens with two attached hydrogens (primary N) is 1. The Morgan fingerprint density at radius 1 is 1.14 bits per heavy atom. The summed E-state index contributed by atoms with van der Waals surface area (Å²) in [6.07, 6.45) is 6.53. The lowest BCUT2D eigenvalue weighted by Crippen LogP contribution is -2.29. The Labute approximate surface area is 167 Å². The summed E-state index contributed by atoms with van der Waals surface area (Å²) in [4.78, 5) is 25.7. The van der Waals surface area contributed by atoms with Crippen LogP contribution in [-0.4, -0.2) is 27.9 Å². The predicted molar refractivity (Wildman–Crippen MR) is 110 cm³/mol. The van der Waals surface area contributed by atoms with Crippen molar-refractivity contribution in [2.75, 3.05) is 12.4 Å². The molecule has 1 amide bonds. The average Bonchev–Trinajstić information content (AvgIpc) is 3.44. The first-order chi connectivity index (χ1) is 14.1. The van der Waals surface area contributed by atoms with Crippen molar-refractivity contribution in [2.45, 2.75) is 18.3 Å². The molecular weight excluding hydrogens is 366 g/mol. The minimum absolute atomic E-state index is 0.337. The normalized spacial score (nSPS) is 14.7. The van der Waals surface area contributed by atoms with Gasteiger partial charge in [-0.1, -0.05) is 30.3 Å². The number of nitrogens with one attached hydrogen (secondary N) is 1. The lowest BCUT2D eigenvalue weighted by molar-refractivity contribution is -0.120. The van der Waals surface area contributed by atoms with Gasteiger partial charge in [-0.2, -0.15) is 0 Å². The van der Waals surface area contributed by atoms with Gasteiger partial charge in [-0.15, -0.1) is 0 Å². The molecule has 1 saturated carbocycles. The number of aromatic nitrogens is 3. The monoisotopic (exact) mass is 385 g/mol. The number of anilines is 1. The first kappa shape index (κ1) is 17.4. The van der Waals surface area contributed by atoms with Crippen LogP contribution in [0.15, 0.2) is 59.5 Å². The number of rotatable bonds is 5. The molecule has 0 atom stereocenters. The van der Waals surface area contributed by atoms with Gasteiger partial charge in [0.15, 0.2) is 0 Å². The van der Waals surface area contributed by atoms with E-state index in [0.717, 1.165) is 40.4 Å². The highest BCUT2D eigenvalue weighted by Crippen LogP contribution is 2.48. The lowest BCUT2D eigenvalue weighted by atomic mass is 9.98. The van der Waals surface area contributed by atoms with E-state index in [2.05, 4.69) is 20.3 Å². The van der Waals surface area contributed by atoms with Gasteiger partial charge >= 0.3 is 0 Å². The Morgan fingerprint density at radius 2 is 1.93 bits per heavy atom. The largest absolute Gasteiger partial charge is 0.444 e. The Balaban J connectivity index is 1.68. The maximum Gasteiger partial charge on any atom is 0.229 e. The van der Waals surface area contributed by atoms with Gasteiger partial charge in [0.05, 0.1) is 16.7 Å². The molecule has 7 heteroatoms. The zero-order valence-corrected chi connectivity index (χ0v) is 15.8. The van der Waals surface area contributed by atoms with Crippen LogP contribution >= 0.6 is 0 Å². The Morgan fingerprint density at radius 3 is 2.62 bits per heavy atom.